The van der Waals surface area contributed by atoms with E-state index >= 15 is 0 Å². The van der Waals surface area contributed by atoms with Crippen LogP contribution in [-0.2, 0) is 9.53 Å². The molecule has 0 radical (unpaired) electrons. The second-order valence-corrected chi connectivity index (χ2v) is 3.21. The molecule has 1 aliphatic heterocycles. The molecule has 1 heterocycles. The quantitative estimate of drug-likeness (QED) is 0.519. The molecule has 1 aliphatic rings. The summed E-state index contributed by atoms with van der Waals surface area (Å²) in [5, 5.41) is 0. The summed E-state index contributed by atoms with van der Waals surface area (Å²) in [6.07, 6.45) is 1.09. The average Bonchev–Trinajstić information content (AvgIpc) is 2.30. The van der Waals surface area contributed by atoms with Crippen molar-refractivity contribution in [3.63, 3.8) is 0 Å². The van der Waals surface area contributed by atoms with Gasteiger partial charge < -0.3 is 4.74 Å². The molecule has 64 valence electrons. The summed E-state index contributed by atoms with van der Waals surface area (Å²) in [7, 11) is 3.41. The second-order valence-electron chi connectivity index (χ2n) is 3.21. The van der Waals surface area contributed by atoms with Gasteiger partial charge in [0.25, 0.3) is 0 Å². The molecule has 3 heteroatoms. The SMILES string of the molecule is COC(=O)[C@H]1[C@@H](C)CCN1C. The van der Waals surface area contributed by atoms with Gasteiger partial charge >= 0.3 is 5.97 Å². The van der Waals surface area contributed by atoms with E-state index in [9.17, 15) is 4.79 Å². The molecular weight excluding hydrogens is 142 g/mol. The maximum absolute atomic E-state index is 11.2. The number of ether oxygens (including phenoxy) is 1. The van der Waals surface area contributed by atoms with Crippen LogP contribution < -0.4 is 0 Å². The molecule has 11 heavy (non-hydrogen) atoms. The third kappa shape index (κ3) is 1.53. The van der Waals surface area contributed by atoms with Gasteiger partial charge in [-0.1, -0.05) is 6.92 Å². The van der Waals surface area contributed by atoms with Crippen LogP contribution in [0.1, 0.15) is 13.3 Å². The molecule has 1 saturated heterocycles. The van der Waals surface area contributed by atoms with Gasteiger partial charge in [-0.25, -0.2) is 0 Å². The van der Waals surface area contributed by atoms with Crippen molar-refractivity contribution < 1.29 is 9.53 Å². The first-order chi connectivity index (χ1) is 5.16. The van der Waals surface area contributed by atoms with Gasteiger partial charge in [-0.05, 0) is 25.9 Å². The Bertz CT molecular complexity index is 148. The normalized spacial score (nSPS) is 32.3. The number of carbonyl (C=O) groups is 1. The Labute approximate surface area is 67.3 Å². The fraction of sp³-hybridized carbons (Fsp3) is 0.875. The van der Waals surface area contributed by atoms with E-state index in [4.69, 9.17) is 4.74 Å². The summed E-state index contributed by atoms with van der Waals surface area (Å²) in [4.78, 5) is 13.2. The van der Waals surface area contributed by atoms with E-state index in [1.54, 1.807) is 0 Å². The lowest BCUT2D eigenvalue weighted by molar-refractivity contribution is -0.146. The summed E-state index contributed by atoms with van der Waals surface area (Å²) in [5.74, 6) is 0.338. The molecule has 0 amide bonds. The Hall–Kier alpha value is -0.570. The highest BCUT2D eigenvalue weighted by Gasteiger charge is 2.34. The van der Waals surface area contributed by atoms with Crippen LogP contribution >= 0.6 is 0 Å². The van der Waals surface area contributed by atoms with Crippen molar-refractivity contribution in [2.45, 2.75) is 19.4 Å². The Morgan fingerprint density at radius 3 is 2.64 bits per heavy atom. The topological polar surface area (TPSA) is 29.5 Å². The maximum Gasteiger partial charge on any atom is 0.323 e. The Balaban J connectivity index is 2.60. The van der Waals surface area contributed by atoms with E-state index in [0.29, 0.717) is 5.92 Å². The number of carbonyl (C=O) groups excluding carboxylic acids is 1. The van der Waals surface area contributed by atoms with E-state index in [2.05, 4.69) is 11.8 Å². The number of hydrogen-bond acceptors (Lipinski definition) is 3. The number of methoxy groups -OCH3 is 1. The van der Waals surface area contributed by atoms with Crippen LogP contribution in [0.15, 0.2) is 0 Å². The number of likely N-dealkylation sites (N-methyl/N-ethyl adjacent to an activating group) is 1. The molecule has 0 bridgehead atoms. The van der Waals surface area contributed by atoms with E-state index in [1.165, 1.54) is 7.11 Å². The molecule has 0 unspecified atom stereocenters. The summed E-state index contributed by atoms with van der Waals surface area (Å²) >= 11 is 0. The van der Waals surface area contributed by atoms with E-state index in [-0.39, 0.29) is 12.0 Å². The molecular formula is C8H15NO2. The number of likely N-dealkylation sites (tertiary alicyclic amines) is 1. The molecule has 1 rings (SSSR count). The Morgan fingerprint density at radius 1 is 1.64 bits per heavy atom. The molecule has 3 nitrogen and oxygen atoms in total. The lowest BCUT2D eigenvalue weighted by Crippen LogP contribution is -2.37. The van der Waals surface area contributed by atoms with Crippen LogP contribution in [0.4, 0.5) is 0 Å². The first-order valence-electron chi connectivity index (χ1n) is 3.95. The minimum Gasteiger partial charge on any atom is -0.468 e. The third-order valence-corrected chi connectivity index (χ3v) is 2.39. The minimum atomic E-state index is -0.0995. The van der Waals surface area contributed by atoms with Crippen molar-refractivity contribution in [3.05, 3.63) is 0 Å². The molecule has 0 spiro atoms. The highest BCUT2D eigenvalue weighted by atomic mass is 16.5. The van der Waals surface area contributed by atoms with Gasteiger partial charge in [0.2, 0.25) is 0 Å². The van der Waals surface area contributed by atoms with Crippen LogP contribution in [-0.4, -0.2) is 37.6 Å². The third-order valence-electron chi connectivity index (χ3n) is 2.39. The van der Waals surface area contributed by atoms with Crippen molar-refractivity contribution >= 4 is 5.97 Å². The number of hydrogen-bond donors (Lipinski definition) is 0. The second kappa shape index (κ2) is 3.22. The smallest absolute Gasteiger partial charge is 0.323 e. The van der Waals surface area contributed by atoms with Crippen LogP contribution in [0.25, 0.3) is 0 Å². The van der Waals surface area contributed by atoms with Crippen LogP contribution in [0.2, 0.25) is 0 Å². The standard InChI is InChI=1S/C8H15NO2/c1-6-4-5-9(2)7(6)8(10)11-3/h6-7H,4-5H2,1-3H3/t6-,7+/m0/s1. The molecule has 0 N–H and O–H groups in total. The summed E-state index contributed by atoms with van der Waals surface area (Å²) < 4.78 is 4.69. The average molecular weight is 157 g/mol. The summed E-state index contributed by atoms with van der Waals surface area (Å²) in [5.41, 5.74) is 0. The summed E-state index contributed by atoms with van der Waals surface area (Å²) in [6, 6.07) is -0.0139. The first-order valence-corrected chi connectivity index (χ1v) is 3.95. The van der Waals surface area contributed by atoms with Gasteiger partial charge in [0.1, 0.15) is 6.04 Å². The molecule has 1 fully saturated rings. The lowest BCUT2D eigenvalue weighted by Gasteiger charge is -2.19. The van der Waals surface area contributed by atoms with E-state index in [0.717, 1.165) is 13.0 Å². The highest BCUT2D eigenvalue weighted by molar-refractivity contribution is 5.76. The molecule has 0 aliphatic carbocycles. The number of nitrogens with zero attached hydrogens (tertiary/aromatic N) is 1. The summed E-state index contributed by atoms with van der Waals surface area (Å²) in [6.45, 7) is 3.09. The zero-order valence-corrected chi connectivity index (χ0v) is 7.33. The predicted molar refractivity (Wildman–Crippen MR) is 42.2 cm³/mol. The molecule has 0 aromatic rings. The first kappa shape index (κ1) is 8.53. The van der Waals surface area contributed by atoms with Crippen molar-refractivity contribution in [2.24, 2.45) is 5.92 Å². The van der Waals surface area contributed by atoms with Crippen molar-refractivity contribution in [3.8, 4) is 0 Å². The van der Waals surface area contributed by atoms with Crippen LogP contribution in [0.5, 0.6) is 0 Å². The zero-order chi connectivity index (χ0) is 8.43. The van der Waals surface area contributed by atoms with Crippen molar-refractivity contribution in [1.82, 2.24) is 4.90 Å². The molecule has 0 aromatic heterocycles. The fourth-order valence-electron chi connectivity index (χ4n) is 1.67. The van der Waals surface area contributed by atoms with Crippen LogP contribution in [0.3, 0.4) is 0 Å². The minimum absolute atomic E-state index is 0.0139. The predicted octanol–water partition coefficient (Wildman–Crippen LogP) is 0.500. The highest BCUT2D eigenvalue weighted by Crippen LogP contribution is 2.22. The van der Waals surface area contributed by atoms with Gasteiger partial charge in [-0.3, -0.25) is 9.69 Å². The van der Waals surface area contributed by atoms with Gasteiger partial charge in [-0.15, -0.1) is 0 Å². The molecule has 0 aromatic carbocycles. The van der Waals surface area contributed by atoms with Gasteiger partial charge in [0, 0.05) is 0 Å². The van der Waals surface area contributed by atoms with Crippen molar-refractivity contribution in [2.75, 3.05) is 20.7 Å². The Morgan fingerprint density at radius 2 is 2.27 bits per heavy atom. The number of rotatable bonds is 1. The fourth-order valence-corrected chi connectivity index (χ4v) is 1.67. The van der Waals surface area contributed by atoms with E-state index < -0.39 is 0 Å². The van der Waals surface area contributed by atoms with Crippen LogP contribution in [0, 0.1) is 5.92 Å². The number of esters is 1. The van der Waals surface area contributed by atoms with E-state index in [1.807, 2.05) is 7.05 Å². The lowest BCUT2D eigenvalue weighted by atomic mass is 10.0. The largest absolute Gasteiger partial charge is 0.468 e. The Kier molecular flexibility index (Phi) is 2.49. The van der Waals surface area contributed by atoms with Gasteiger partial charge in [0.05, 0.1) is 7.11 Å². The molecule has 0 saturated carbocycles. The monoisotopic (exact) mass is 157 g/mol. The van der Waals surface area contributed by atoms with Gasteiger partial charge in [0.15, 0.2) is 0 Å². The maximum atomic E-state index is 11.2. The van der Waals surface area contributed by atoms with Crippen molar-refractivity contribution in [1.29, 1.82) is 0 Å². The molecule has 2 atom stereocenters. The zero-order valence-electron chi connectivity index (χ0n) is 7.33. The van der Waals surface area contributed by atoms with Gasteiger partial charge in [-0.2, -0.15) is 0 Å².